The number of ether oxygens (including phenoxy) is 1. The zero-order valence-corrected chi connectivity index (χ0v) is 9.93. The van der Waals surface area contributed by atoms with E-state index in [1.54, 1.807) is 6.92 Å². The van der Waals surface area contributed by atoms with Crippen LogP contribution in [0.2, 0.25) is 0 Å². The summed E-state index contributed by atoms with van der Waals surface area (Å²) in [4.78, 5) is 11.2. The molecule has 0 radical (unpaired) electrons. The summed E-state index contributed by atoms with van der Waals surface area (Å²) in [6, 6.07) is 9.51. The fourth-order valence-corrected chi connectivity index (χ4v) is 1.67. The van der Waals surface area contributed by atoms with Crippen LogP contribution in [0.1, 0.15) is 26.3 Å². The standard InChI is InChI=1S/C13H18O3/c1-10(2)16-13(3,12(14)15)9-11-7-5-4-6-8-11/h4-8,10H,9H2,1-3H3,(H,14,15). The summed E-state index contributed by atoms with van der Waals surface area (Å²) in [5, 5.41) is 9.22. The fraction of sp³-hybridized carbons (Fsp3) is 0.462. The molecular weight excluding hydrogens is 204 g/mol. The van der Waals surface area contributed by atoms with Crippen molar-refractivity contribution >= 4 is 5.97 Å². The SMILES string of the molecule is CC(C)OC(C)(Cc1ccccc1)C(=O)O. The Morgan fingerprint density at radius 2 is 1.94 bits per heavy atom. The van der Waals surface area contributed by atoms with Crippen molar-refractivity contribution in [1.29, 1.82) is 0 Å². The van der Waals surface area contributed by atoms with Gasteiger partial charge in [0.1, 0.15) is 0 Å². The van der Waals surface area contributed by atoms with Gasteiger partial charge in [-0.1, -0.05) is 30.3 Å². The summed E-state index contributed by atoms with van der Waals surface area (Å²) in [5.41, 5.74) is -0.191. The van der Waals surface area contributed by atoms with Crippen LogP contribution in [-0.4, -0.2) is 22.8 Å². The molecule has 3 nitrogen and oxygen atoms in total. The Bertz CT molecular complexity index is 345. The predicted octanol–water partition coefficient (Wildman–Crippen LogP) is 2.50. The van der Waals surface area contributed by atoms with Gasteiger partial charge >= 0.3 is 5.97 Å². The van der Waals surface area contributed by atoms with Crippen molar-refractivity contribution in [2.45, 2.75) is 38.9 Å². The van der Waals surface area contributed by atoms with E-state index in [-0.39, 0.29) is 6.10 Å². The molecule has 1 N–H and O–H groups in total. The smallest absolute Gasteiger partial charge is 0.336 e. The van der Waals surface area contributed by atoms with Crippen LogP contribution in [0, 0.1) is 0 Å². The predicted molar refractivity (Wildman–Crippen MR) is 62.4 cm³/mol. The Morgan fingerprint density at radius 3 is 2.38 bits per heavy atom. The Kier molecular flexibility index (Phi) is 4.07. The third-order valence-corrected chi connectivity index (χ3v) is 2.33. The topological polar surface area (TPSA) is 46.5 Å². The number of carboxylic acid groups (broad SMARTS) is 1. The van der Waals surface area contributed by atoms with Crippen LogP contribution in [0.15, 0.2) is 30.3 Å². The van der Waals surface area contributed by atoms with Gasteiger partial charge in [-0.2, -0.15) is 0 Å². The van der Waals surface area contributed by atoms with Gasteiger partial charge < -0.3 is 9.84 Å². The first kappa shape index (κ1) is 12.7. The van der Waals surface area contributed by atoms with E-state index in [0.717, 1.165) is 5.56 Å². The summed E-state index contributed by atoms with van der Waals surface area (Å²) in [6.45, 7) is 5.29. The molecule has 1 atom stereocenters. The van der Waals surface area contributed by atoms with Crippen LogP contribution in [-0.2, 0) is 16.0 Å². The summed E-state index contributed by atoms with van der Waals surface area (Å²) in [6.07, 6.45) is 0.270. The van der Waals surface area contributed by atoms with E-state index in [1.807, 2.05) is 44.2 Å². The van der Waals surface area contributed by atoms with Crippen molar-refractivity contribution in [1.82, 2.24) is 0 Å². The molecule has 1 aromatic rings. The van der Waals surface area contributed by atoms with Crippen molar-refractivity contribution in [3.05, 3.63) is 35.9 Å². The molecule has 0 amide bonds. The molecule has 0 saturated carbocycles. The number of aliphatic carboxylic acids is 1. The minimum Gasteiger partial charge on any atom is -0.479 e. The highest BCUT2D eigenvalue weighted by Crippen LogP contribution is 2.20. The van der Waals surface area contributed by atoms with Crippen molar-refractivity contribution in [3.8, 4) is 0 Å². The van der Waals surface area contributed by atoms with Gasteiger partial charge in [0.25, 0.3) is 0 Å². The Hall–Kier alpha value is -1.35. The van der Waals surface area contributed by atoms with Crippen LogP contribution in [0.4, 0.5) is 0 Å². The fourth-order valence-electron chi connectivity index (χ4n) is 1.67. The molecule has 16 heavy (non-hydrogen) atoms. The lowest BCUT2D eigenvalue weighted by Gasteiger charge is -2.27. The van der Waals surface area contributed by atoms with Gasteiger partial charge in [0.05, 0.1) is 6.10 Å². The zero-order valence-electron chi connectivity index (χ0n) is 9.93. The van der Waals surface area contributed by atoms with Gasteiger partial charge in [0, 0.05) is 6.42 Å². The molecule has 88 valence electrons. The maximum Gasteiger partial charge on any atom is 0.336 e. The second kappa shape index (κ2) is 5.12. The highest BCUT2D eigenvalue weighted by atomic mass is 16.5. The van der Waals surface area contributed by atoms with E-state index in [0.29, 0.717) is 6.42 Å². The normalized spacial score (nSPS) is 14.8. The van der Waals surface area contributed by atoms with Crippen LogP contribution >= 0.6 is 0 Å². The third kappa shape index (κ3) is 3.35. The van der Waals surface area contributed by atoms with Gasteiger partial charge in [-0.25, -0.2) is 4.79 Å². The van der Waals surface area contributed by atoms with E-state index in [1.165, 1.54) is 0 Å². The molecule has 0 fully saturated rings. The molecule has 1 aromatic carbocycles. The molecule has 0 saturated heterocycles. The quantitative estimate of drug-likeness (QED) is 0.832. The number of hydrogen-bond acceptors (Lipinski definition) is 2. The van der Waals surface area contributed by atoms with Crippen LogP contribution < -0.4 is 0 Å². The Balaban J connectivity index is 2.83. The third-order valence-electron chi connectivity index (χ3n) is 2.33. The first-order valence-electron chi connectivity index (χ1n) is 5.39. The molecule has 0 aliphatic heterocycles. The highest BCUT2D eigenvalue weighted by Gasteiger charge is 2.35. The van der Waals surface area contributed by atoms with E-state index in [4.69, 9.17) is 4.74 Å². The molecule has 1 unspecified atom stereocenters. The molecule has 0 bridgehead atoms. The minimum atomic E-state index is -1.16. The molecule has 3 heteroatoms. The van der Waals surface area contributed by atoms with Gasteiger partial charge in [0.2, 0.25) is 0 Å². The number of benzene rings is 1. The minimum absolute atomic E-state index is 0.107. The van der Waals surface area contributed by atoms with Crippen molar-refractivity contribution in [2.24, 2.45) is 0 Å². The number of carbonyl (C=O) groups is 1. The first-order chi connectivity index (χ1) is 7.44. The second-order valence-corrected chi connectivity index (χ2v) is 4.36. The van der Waals surface area contributed by atoms with Crippen molar-refractivity contribution in [3.63, 3.8) is 0 Å². The second-order valence-electron chi connectivity index (χ2n) is 4.36. The lowest BCUT2D eigenvalue weighted by atomic mass is 9.96. The average molecular weight is 222 g/mol. The Morgan fingerprint density at radius 1 is 1.38 bits per heavy atom. The lowest BCUT2D eigenvalue weighted by Crippen LogP contribution is -2.42. The van der Waals surface area contributed by atoms with Gasteiger partial charge in [0.15, 0.2) is 5.60 Å². The van der Waals surface area contributed by atoms with Crippen LogP contribution in [0.25, 0.3) is 0 Å². The summed E-state index contributed by atoms with van der Waals surface area (Å²) < 4.78 is 5.50. The Labute approximate surface area is 96.1 Å². The van der Waals surface area contributed by atoms with Gasteiger partial charge in [-0.05, 0) is 26.3 Å². The maximum absolute atomic E-state index is 11.2. The van der Waals surface area contributed by atoms with Crippen molar-refractivity contribution in [2.75, 3.05) is 0 Å². The maximum atomic E-state index is 11.2. The number of hydrogen-bond donors (Lipinski definition) is 1. The summed E-state index contributed by atoms with van der Waals surface area (Å²) in [5.74, 6) is -0.926. The van der Waals surface area contributed by atoms with E-state index in [2.05, 4.69) is 0 Å². The first-order valence-corrected chi connectivity index (χ1v) is 5.39. The monoisotopic (exact) mass is 222 g/mol. The van der Waals surface area contributed by atoms with E-state index < -0.39 is 11.6 Å². The largest absolute Gasteiger partial charge is 0.479 e. The van der Waals surface area contributed by atoms with Crippen LogP contribution in [0.5, 0.6) is 0 Å². The molecule has 1 rings (SSSR count). The number of carboxylic acids is 1. The molecule has 0 spiro atoms. The lowest BCUT2D eigenvalue weighted by molar-refractivity contribution is -0.168. The molecule has 0 heterocycles. The molecular formula is C13H18O3. The summed E-state index contributed by atoms with van der Waals surface area (Å²) in [7, 11) is 0. The zero-order chi connectivity index (χ0) is 12.2. The van der Waals surface area contributed by atoms with E-state index >= 15 is 0 Å². The van der Waals surface area contributed by atoms with Crippen LogP contribution in [0.3, 0.4) is 0 Å². The molecule has 0 aliphatic rings. The van der Waals surface area contributed by atoms with Crippen molar-refractivity contribution < 1.29 is 14.6 Å². The molecule has 0 aliphatic carbocycles. The number of rotatable bonds is 5. The van der Waals surface area contributed by atoms with Gasteiger partial charge in [-0.3, -0.25) is 0 Å². The summed E-state index contributed by atoms with van der Waals surface area (Å²) >= 11 is 0. The molecule has 0 aromatic heterocycles. The van der Waals surface area contributed by atoms with Gasteiger partial charge in [-0.15, -0.1) is 0 Å². The highest BCUT2D eigenvalue weighted by molar-refractivity contribution is 5.77. The average Bonchev–Trinajstić information content (AvgIpc) is 2.17. The van der Waals surface area contributed by atoms with E-state index in [9.17, 15) is 9.90 Å².